The summed E-state index contributed by atoms with van der Waals surface area (Å²) in [5.74, 6) is -0.230. The number of carbonyl (C=O) groups is 1. The van der Waals surface area contributed by atoms with E-state index in [0.29, 0.717) is 24.8 Å². The summed E-state index contributed by atoms with van der Waals surface area (Å²) in [6, 6.07) is 16.9. The van der Waals surface area contributed by atoms with Gasteiger partial charge in [0.1, 0.15) is 6.17 Å². The number of hydrogen-bond donors (Lipinski definition) is 0. The van der Waals surface area contributed by atoms with E-state index in [-0.39, 0.29) is 5.97 Å². The maximum Gasteiger partial charge on any atom is 0.305 e. The maximum atomic E-state index is 14.2. The number of halogens is 1. The highest BCUT2D eigenvalue weighted by Crippen LogP contribution is 2.23. The summed E-state index contributed by atoms with van der Waals surface area (Å²) in [6.07, 6.45) is 0.325. The van der Waals surface area contributed by atoms with Gasteiger partial charge in [0.05, 0.1) is 7.11 Å². The summed E-state index contributed by atoms with van der Waals surface area (Å²) in [5, 5.41) is 0. The second-order valence-corrected chi connectivity index (χ2v) is 4.97. The summed E-state index contributed by atoms with van der Waals surface area (Å²) in [7, 11) is 1.38. The number of ether oxygens (including phenoxy) is 1. The van der Waals surface area contributed by atoms with Crippen LogP contribution in [0.2, 0.25) is 0 Å². The minimum absolute atomic E-state index is 0.230. The molecule has 3 heteroatoms. The lowest BCUT2D eigenvalue weighted by atomic mass is 10.0. The van der Waals surface area contributed by atoms with Crippen molar-refractivity contribution in [3.8, 4) is 0 Å². The summed E-state index contributed by atoms with van der Waals surface area (Å²) in [4.78, 5) is 11.1. The van der Waals surface area contributed by atoms with Crippen LogP contribution in [0.4, 0.5) is 4.39 Å². The molecule has 110 valence electrons. The third kappa shape index (κ3) is 4.71. The first-order chi connectivity index (χ1) is 10.2. The number of rotatable bonds is 6. The van der Waals surface area contributed by atoms with Crippen molar-refractivity contribution in [1.82, 2.24) is 0 Å². The normalized spacial score (nSPS) is 11.9. The van der Waals surface area contributed by atoms with Crippen molar-refractivity contribution >= 4 is 5.97 Å². The average molecular weight is 286 g/mol. The van der Waals surface area contributed by atoms with Gasteiger partial charge in [0, 0.05) is 12.8 Å². The van der Waals surface area contributed by atoms with Gasteiger partial charge in [-0.2, -0.15) is 0 Å². The molecule has 2 nitrogen and oxygen atoms in total. The van der Waals surface area contributed by atoms with Crippen LogP contribution in [0, 0.1) is 0 Å². The zero-order valence-corrected chi connectivity index (χ0v) is 12.1. The van der Waals surface area contributed by atoms with E-state index in [0.717, 1.165) is 11.1 Å². The third-order valence-electron chi connectivity index (χ3n) is 3.44. The molecule has 0 bridgehead atoms. The zero-order chi connectivity index (χ0) is 15.1. The van der Waals surface area contributed by atoms with Crippen molar-refractivity contribution in [2.24, 2.45) is 0 Å². The summed E-state index contributed by atoms with van der Waals surface area (Å²) >= 11 is 0. The van der Waals surface area contributed by atoms with Gasteiger partial charge in [-0.05, 0) is 23.1 Å². The molecule has 0 aromatic heterocycles. The lowest BCUT2D eigenvalue weighted by Crippen LogP contribution is -2.02. The Bertz CT molecular complexity index is 564. The zero-order valence-electron chi connectivity index (χ0n) is 12.1. The summed E-state index contributed by atoms with van der Waals surface area (Å²) in [5.41, 5.74) is 2.66. The lowest BCUT2D eigenvalue weighted by molar-refractivity contribution is -0.140. The Kier molecular flexibility index (Phi) is 5.50. The van der Waals surface area contributed by atoms with E-state index >= 15 is 0 Å². The Balaban J connectivity index is 1.93. The first kappa shape index (κ1) is 15.2. The monoisotopic (exact) mass is 286 g/mol. The first-order valence-electron chi connectivity index (χ1n) is 7.02. The summed E-state index contributed by atoms with van der Waals surface area (Å²) < 4.78 is 18.8. The van der Waals surface area contributed by atoms with Crippen LogP contribution >= 0.6 is 0 Å². The van der Waals surface area contributed by atoms with E-state index in [4.69, 9.17) is 0 Å². The molecule has 0 heterocycles. The molecule has 0 saturated carbocycles. The van der Waals surface area contributed by atoms with Gasteiger partial charge < -0.3 is 4.74 Å². The Morgan fingerprint density at radius 1 is 1.05 bits per heavy atom. The van der Waals surface area contributed by atoms with Crippen molar-refractivity contribution in [2.75, 3.05) is 7.11 Å². The SMILES string of the molecule is COC(=O)CCc1ccc(C(F)Cc2ccccc2)cc1. The number of benzene rings is 2. The number of methoxy groups -OCH3 is 1. The molecule has 0 aliphatic carbocycles. The Morgan fingerprint density at radius 3 is 2.33 bits per heavy atom. The van der Waals surface area contributed by atoms with Crippen LogP contribution in [0.25, 0.3) is 0 Å². The van der Waals surface area contributed by atoms with Gasteiger partial charge in [0.2, 0.25) is 0 Å². The van der Waals surface area contributed by atoms with Gasteiger partial charge in [0.15, 0.2) is 0 Å². The number of carbonyl (C=O) groups excluding carboxylic acids is 1. The molecular weight excluding hydrogens is 267 g/mol. The minimum Gasteiger partial charge on any atom is -0.469 e. The van der Waals surface area contributed by atoms with Crippen LogP contribution < -0.4 is 0 Å². The lowest BCUT2D eigenvalue weighted by Gasteiger charge is -2.09. The molecule has 0 amide bonds. The van der Waals surface area contributed by atoms with E-state index in [2.05, 4.69) is 4.74 Å². The van der Waals surface area contributed by atoms with Gasteiger partial charge >= 0.3 is 5.97 Å². The molecule has 2 aromatic rings. The van der Waals surface area contributed by atoms with Crippen molar-refractivity contribution in [1.29, 1.82) is 0 Å². The fourth-order valence-electron chi connectivity index (χ4n) is 2.18. The third-order valence-corrected chi connectivity index (χ3v) is 3.44. The Labute approximate surface area is 124 Å². The van der Waals surface area contributed by atoms with E-state index in [1.54, 1.807) is 12.1 Å². The van der Waals surface area contributed by atoms with E-state index < -0.39 is 6.17 Å². The molecule has 0 radical (unpaired) electrons. The fraction of sp³-hybridized carbons (Fsp3) is 0.278. The standard InChI is InChI=1S/C18H19FO2/c1-21-18(20)12-9-14-7-10-16(11-8-14)17(19)13-15-5-3-2-4-6-15/h2-8,10-11,17H,9,12-13H2,1H3. The number of esters is 1. The second kappa shape index (κ2) is 7.58. The molecule has 0 saturated heterocycles. The molecule has 1 atom stereocenters. The molecule has 0 aliphatic heterocycles. The van der Waals surface area contributed by atoms with Crippen molar-refractivity contribution in [3.05, 3.63) is 71.3 Å². The Hall–Kier alpha value is -2.16. The number of aryl methyl sites for hydroxylation is 1. The molecular formula is C18H19FO2. The van der Waals surface area contributed by atoms with Crippen LogP contribution in [-0.2, 0) is 22.4 Å². The van der Waals surface area contributed by atoms with E-state index in [9.17, 15) is 9.18 Å². The van der Waals surface area contributed by atoms with Crippen molar-refractivity contribution < 1.29 is 13.9 Å². The average Bonchev–Trinajstić information content (AvgIpc) is 2.54. The molecule has 0 spiro atoms. The predicted octanol–water partition coefficient (Wildman–Crippen LogP) is 4.05. The highest BCUT2D eigenvalue weighted by Gasteiger charge is 2.10. The number of hydrogen-bond acceptors (Lipinski definition) is 2. The molecule has 2 aromatic carbocycles. The van der Waals surface area contributed by atoms with Crippen LogP contribution in [0.1, 0.15) is 29.3 Å². The minimum atomic E-state index is -1.01. The van der Waals surface area contributed by atoms with E-state index in [1.165, 1.54) is 7.11 Å². The summed E-state index contributed by atoms with van der Waals surface area (Å²) in [6.45, 7) is 0. The smallest absolute Gasteiger partial charge is 0.305 e. The van der Waals surface area contributed by atoms with Crippen LogP contribution in [-0.4, -0.2) is 13.1 Å². The highest BCUT2D eigenvalue weighted by molar-refractivity contribution is 5.69. The molecule has 1 unspecified atom stereocenters. The number of alkyl halides is 1. The van der Waals surface area contributed by atoms with Gasteiger partial charge in [0.25, 0.3) is 0 Å². The maximum absolute atomic E-state index is 14.2. The first-order valence-corrected chi connectivity index (χ1v) is 7.02. The van der Waals surface area contributed by atoms with Crippen LogP contribution in [0.3, 0.4) is 0 Å². The van der Waals surface area contributed by atoms with Crippen molar-refractivity contribution in [2.45, 2.75) is 25.4 Å². The van der Waals surface area contributed by atoms with Gasteiger partial charge in [-0.1, -0.05) is 54.6 Å². The second-order valence-electron chi connectivity index (χ2n) is 4.97. The van der Waals surface area contributed by atoms with E-state index in [1.807, 2.05) is 42.5 Å². The topological polar surface area (TPSA) is 26.3 Å². The van der Waals surface area contributed by atoms with Crippen molar-refractivity contribution in [3.63, 3.8) is 0 Å². The fourth-order valence-corrected chi connectivity index (χ4v) is 2.18. The molecule has 0 fully saturated rings. The highest BCUT2D eigenvalue weighted by atomic mass is 19.1. The van der Waals surface area contributed by atoms with Crippen LogP contribution in [0.15, 0.2) is 54.6 Å². The van der Waals surface area contributed by atoms with Gasteiger partial charge in [-0.3, -0.25) is 4.79 Å². The largest absolute Gasteiger partial charge is 0.469 e. The molecule has 21 heavy (non-hydrogen) atoms. The molecule has 0 N–H and O–H groups in total. The van der Waals surface area contributed by atoms with Crippen LogP contribution in [0.5, 0.6) is 0 Å². The quantitative estimate of drug-likeness (QED) is 0.749. The van der Waals surface area contributed by atoms with Gasteiger partial charge in [-0.25, -0.2) is 4.39 Å². The Morgan fingerprint density at radius 2 is 1.71 bits per heavy atom. The molecule has 2 rings (SSSR count). The molecule has 0 aliphatic rings. The predicted molar refractivity (Wildman–Crippen MR) is 80.8 cm³/mol. The van der Waals surface area contributed by atoms with Gasteiger partial charge in [-0.15, -0.1) is 0 Å².